The van der Waals surface area contributed by atoms with E-state index in [0.717, 1.165) is 23.0 Å². The average Bonchev–Trinajstić information content (AvgIpc) is 3.03. The number of benzene rings is 1. The summed E-state index contributed by atoms with van der Waals surface area (Å²) in [4.78, 5) is 17.1. The first-order valence-corrected chi connectivity index (χ1v) is 11.6. The summed E-state index contributed by atoms with van der Waals surface area (Å²) in [5.41, 5.74) is 1.12. The van der Waals surface area contributed by atoms with E-state index in [4.69, 9.17) is 21.7 Å². The van der Waals surface area contributed by atoms with Crippen molar-refractivity contribution in [2.75, 3.05) is 13.7 Å². The monoisotopic (exact) mass is 430 g/mol. The Labute approximate surface area is 183 Å². The van der Waals surface area contributed by atoms with Gasteiger partial charge in [0.1, 0.15) is 11.9 Å². The second-order valence-corrected chi connectivity index (χ2v) is 9.57. The first kappa shape index (κ1) is 20.1. The lowest BCUT2D eigenvalue weighted by atomic mass is 9.74. The summed E-state index contributed by atoms with van der Waals surface area (Å²) < 4.78 is 10.9. The van der Waals surface area contributed by atoms with Crippen LogP contribution in [0.2, 0.25) is 0 Å². The molecule has 30 heavy (non-hydrogen) atoms. The lowest BCUT2D eigenvalue weighted by molar-refractivity contribution is -0.199. The van der Waals surface area contributed by atoms with E-state index in [2.05, 4.69) is 9.80 Å². The van der Waals surface area contributed by atoms with E-state index in [9.17, 15) is 9.90 Å². The molecule has 3 heterocycles. The second-order valence-electron chi connectivity index (χ2n) is 9.21. The Hall–Kier alpha value is -1.86. The quantitative estimate of drug-likeness (QED) is 0.569. The summed E-state index contributed by atoms with van der Waals surface area (Å²) in [6.45, 7) is 1.55. The maximum Gasteiger partial charge on any atom is 0.311 e. The molecule has 3 saturated heterocycles. The van der Waals surface area contributed by atoms with Crippen molar-refractivity contribution in [2.24, 2.45) is 11.8 Å². The number of aliphatic hydroxyl groups is 1. The number of methoxy groups -OCH3 is 1. The van der Waals surface area contributed by atoms with Gasteiger partial charge in [0.05, 0.1) is 31.2 Å². The van der Waals surface area contributed by atoms with E-state index >= 15 is 0 Å². The maximum absolute atomic E-state index is 12.6. The van der Waals surface area contributed by atoms with Crippen molar-refractivity contribution in [1.82, 2.24) is 9.80 Å². The Balaban J connectivity index is 1.44. The van der Waals surface area contributed by atoms with Crippen molar-refractivity contribution in [3.8, 4) is 5.75 Å². The number of hydrogen-bond acceptors (Lipinski definition) is 5. The zero-order valence-corrected chi connectivity index (χ0v) is 18.2. The van der Waals surface area contributed by atoms with Gasteiger partial charge in [-0.15, -0.1) is 0 Å². The van der Waals surface area contributed by atoms with Crippen LogP contribution >= 0.6 is 12.2 Å². The molecule has 0 radical (unpaired) electrons. The molecule has 6 rings (SSSR count). The minimum Gasteiger partial charge on any atom is -0.497 e. The smallest absolute Gasteiger partial charge is 0.311 e. The van der Waals surface area contributed by atoms with Gasteiger partial charge in [0, 0.05) is 13.1 Å². The Morgan fingerprint density at radius 3 is 2.57 bits per heavy atom. The van der Waals surface area contributed by atoms with Crippen molar-refractivity contribution in [3.63, 3.8) is 0 Å². The number of esters is 1. The summed E-state index contributed by atoms with van der Waals surface area (Å²) in [5.74, 6) is 0.965. The van der Waals surface area contributed by atoms with Gasteiger partial charge in [-0.2, -0.15) is 0 Å². The van der Waals surface area contributed by atoms with Gasteiger partial charge in [-0.05, 0) is 55.1 Å². The number of rotatable bonds is 5. The van der Waals surface area contributed by atoms with E-state index in [0.29, 0.717) is 18.9 Å². The highest BCUT2D eigenvalue weighted by atomic mass is 32.1. The Morgan fingerprint density at radius 2 is 1.87 bits per heavy atom. The van der Waals surface area contributed by atoms with Crippen LogP contribution in [0.3, 0.4) is 0 Å². The minimum atomic E-state index is -0.621. The van der Waals surface area contributed by atoms with Crippen LogP contribution in [-0.4, -0.2) is 63.9 Å². The highest BCUT2D eigenvalue weighted by molar-refractivity contribution is 7.80. The normalized spacial score (nSPS) is 33.6. The molecule has 5 fully saturated rings. The third-order valence-electron chi connectivity index (χ3n) is 7.43. The molecular weight excluding hydrogens is 400 g/mol. The molecular formula is C23H30N2O4S. The molecule has 0 amide bonds. The zero-order chi connectivity index (χ0) is 20.8. The van der Waals surface area contributed by atoms with Crippen LogP contribution in [0.5, 0.6) is 5.75 Å². The first-order valence-electron chi connectivity index (χ1n) is 11.2. The third-order valence-corrected chi connectivity index (χ3v) is 7.90. The van der Waals surface area contributed by atoms with Gasteiger partial charge >= 0.3 is 5.97 Å². The first-order chi connectivity index (χ1) is 14.6. The second kappa shape index (κ2) is 8.00. The summed E-state index contributed by atoms with van der Waals surface area (Å²) >= 11 is 5.98. The fourth-order valence-electron chi connectivity index (χ4n) is 5.93. The van der Waals surface area contributed by atoms with Crippen molar-refractivity contribution in [3.05, 3.63) is 29.8 Å². The van der Waals surface area contributed by atoms with Gasteiger partial charge in [0.25, 0.3) is 0 Å². The molecule has 0 unspecified atom stereocenters. The predicted molar refractivity (Wildman–Crippen MR) is 116 cm³/mol. The number of hydrogen-bond donors (Lipinski definition) is 1. The predicted octanol–water partition coefficient (Wildman–Crippen LogP) is 2.72. The molecule has 1 N–H and O–H groups in total. The van der Waals surface area contributed by atoms with Crippen molar-refractivity contribution < 1.29 is 19.4 Å². The Morgan fingerprint density at radius 1 is 1.13 bits per heavy atom. The highest BCUT2D eigenvalue weighted by Gasteiger charge is 2.62. The van der Waals surface area contributed by atoms with Gasteiger partial charge in [-0.3, -0.25) is 4.79 Å². The largest absolute Gasteiger partial charge is 0.497 e. The Bertz CT molecular complexity index is 810. The summed E-state index contributed by atoms with van der Waals surface area (Å²) in [6, 6.07) is 7.91. The van der Waals surface area contributed by atoms with Gasteiger partial charge < -0.3 is 24.4 Å². The van der Waals surface area contributed by atoms with Crippen LogP contribution in [-0.2, 0) is 16.1 Å². The number of carbonyl (C=O) groups is 1. The third kappa shape index (κ3) is 3.36. The minimum absolute atomic E-state index is 0.00678. The molecule has 162 valence electrons. The van der Waals surface area contributed by atoms with E-state index in [1.807, 2.05) is 24.3 Å². The SMILES string of the molecule is COc1ccc(CN2C(=S)N(CC3CCCCC3)[C@H]3[C@@H]2[C@H]2OC(=O)[C@@H]3C[C@H]2O)cc1. The zero-order valence-electron chi connectivity index (χ0n) is 17.4. The number of thiocarbonyl (C=S) groups is 1. The molecule has 0 spiro atoms. The van der Waals surface area contributed by atoms with Crippen molar-refractivity contribution in [1.29, 1.82) is 0 Å². The van der Waals surface area contributed by atoms with Crippen LogP contribution in [0, 0.1) is 11.8 Å². The molecule has 7 heteroatoms. The van der Waals surface area contributed by atoms with Crippen molar-refractivity contribution >= 4 is 23.3 Å². The molecule has 0 aromatic heterocycles. The number of nitrogens with zero attached hydrogens (tertiary/aromatic N) is 2. The van der Waals surface area contributed by atoms with Gasteiger partial charge in [0.15, 0.2) is 5.11 Å². The molecule has 6 nitrogen and oxygen atoms in total. The number of carbonyl (C=O) groups excluding carboxylic acids is 1. The van der Waals surface area contributed by atoms with Crippen LogP contribution in [0.25, 0.3) is 0 Å². The summed E-state index contributed by atoms with van der Waals surface area (Å²) in [6.07, 6.45) is 5.69. The number of aliphatic hydroxyl groups excluding tert-OH is 1. The highest BCUT2D eigenvalue weighted by Crippen LogP contribution is 2.45. The topological polar surface area (TPSA) is 62.2 Å². The standard InChI is InChI=1S/C23H30N2O4S/c1-28-16-9-7-15(8-10-16)13-25-20-19(17-11-18(26)21(20)29-22(17)27)24(23(25)30)12-14-5-3-2-4-6-14/h7-10,14,17-21,26H,2-6,11-13H2,1H3/t17-,18-,19-,20-,21+/m1/s1. The molecule has 5 aliphatic rings. The van der Waals surface area contributed by atoms with E-state index < -0.39 is 12.2 Å². The maximum atomic E-state index is 12.6. The van der Waals surface area contributed by atoms with Gasteiger partial charge in [-0.25, -0.2) is 0 Å². The molecule has 1 aromatic carbocycles. The van der Waals surface area contributed by atoms with Crippen LogP contribution < -0.4 is 4.74 Å². The van der Waals surface area contributed by atoms with E-state index in [1.54, 1.807) is 7.11 Å². The molecule has 2 aliphatic carbocycles. The summed E-state index contributed by atoms with van der Waals surface area (Å²) in [7, 11) is 1.66. The van der Waals surface area contributed by atoms with Crippen LogP contribution in [0.4, 0.5) is 0 Å². The van der Waals surface area contributed by atoms with E-state index in [-0.39, 0.29) is 24.0 Å². The fraction of sp³-hybridized carbons (Fsp3) is 0.652. The molecule has 2 saturated carbocycles. The van der Waals surface area contributed by atoms with Crippen molar-refractivity contribution in [2.45, 2.75) is 69.4 Å². The van der Waals surface area contributed by atoms with Crippen LogP contribution in [0.1, 0.15) is 44.1 Å². The molecule has 3 aliphatic heterocycles. The van der Waals surface area contributed by atoms with Gasteiger partial charge in [0.2, 0.25) is 0 Å². The summed E-state index contributed by atoms with van der Waals surface area (Å²) in [5, 5.41) is 11.4. The molecule has 5 atom stereocenters. The molecule has 2 bridgehead atoms. The Kier molecular flexibility index (Phi) is 5.35. The number of fused-ring (bicyclic) bond motifs is 2. The molecule has 1 aromatic rings. The fourth-order valence-corrected chi connectivity index (χ4v) is 6.31. The van der Waals surface area contributed by atoms with Crippen LogP contribution in [0.15, 0.2) is 24.3 Å². The number of ether oxygens (including phenoxy) is 2. The van der Waals surface area contributed by atoms with E-state index in [1.165, 1.54) is 32.1 Å². The van der Waals surface area contributed by atoms with Gasteiger partial charge in [-0.1, -0.05) is 31.4 Å². The average molecular weight is 431 g/mol. The lowest BCUT2D eigenvalue weighted by Gasteiger charge is -2.49. The lowest BCUT2D eigenvalue weighted by Crippen LogP contribution is -2.66.